The Morgan fingerprint density at radius 3 is 2.58 bits per heavy atom. The lowest BCUT2D eigenvalue weighted by molar-refractivity contribution is -0.119. The van der Waals surface area contributed by atoms with Crippen LogP contribution in [0, 0.1) is 24.6 Å². The van der Waals surface area contributed by atoms with Gasteiger partial charge in [-0.15, -0.1) is 11.3 Å². The molecule has 2 aliphatic rings. The van der Waals surface area contributed by atoms with Crippen molar-refractivity contribution in [1.29, 1.82) is 0 Å². The molecule has 9 heteroatoms. The summed E-state index contributed by atoms with van der Waals surface area (Å²) in [7, 11) is 0. The lowest BCUT2D eigenvalue weighted by Crippen LogP contribution is -2.55. The summed E-state index contributed by atoms with van der Waals surface area (Å²) < 4.78 is 13.6. The average molecular weight is 516 g/mol. The standard InChI is InChI=1S/C27H38FN5O2S/c1-18-17-36-27(30-18)32-26(35)31-24-11-8-21(16-29-19(2)34)14-23(24)25(33-12-4-3-5-13-33)15-20-6-9-22(28)10-7-20/h6-7,9-10,17,21,23-25H,3-5,8,11-16H2,1-2H3,(H,29,34)(H2,30,31,32,35)/t21?,23-,24+,25+/m0/s1. The molecule has 2 heterocycles. The van der Waals surface area contributed by atoms with Crippen LogP contribution in [0.15, 0.2) is 29.6 Å². The van der Waals surface area contributed by atoms with E-state index in [4.69, 9.17) is 0 Å². The largest absolute Gasteiger partial charge is 0.356 e. The number of amides is 3. The van der Waals surface area contributed by atoms with E-state index in [0.29, 0.717) is 17.6 Å². The second-order valence-corrected chi connectivity index (χ2v) is 11.1. The molecule has 0 spiro atoms. The summed E-state index contributed by atoms with van der Waals surface area (Å²) in [5.41, 5.74) is 1.99. The van der Waals surface area contributed by atoms with Crippen molar-refractivity contribution in [2.75, 3.05) is 25.0 Å². The molecule has 2 fully saturated rings. The highest BCUT2D eigenvalue weighted by Gasteiger charge is 2.39. The second-order valence-electron chi connectivity index (χ2n) is 10.3. The topological polar surface area (TPSA) is 86.4 Å². The van der Waals surface area contributed by atoms with E-state index >= 15 is 0 Å². The van der Waals surface area contributed by atoms with E-state index < -0.39 is 0 Å². The zero-order valence-corrected chi connectivity index (χ0v) is 22.1. The number of anilines is 1. The van der Waals surface area contributed by atoms with Crippen molar-refractivity contribution in [1.82, 2.24) is 20.5 Å². The number of aryl methyl sites for hydroxylation is 1. The first-order chi connectivity index (χ1) is 17.4. The molecule has 1 aliphatic heterocycles. The lowest BCUT2D eigenvalue weighted by atomic mass is 9.72. The van der Waals surface area contributed by atoms with Crippen LogP contribution >= 0.6 is 11.3 Å². The summed E-state index contributed by atoms with van der Waals surface area (Å²) in [5.74, 6) is 0.338. The molecule has 4 rings (SSSR count). The first kappa shape index (κ1) is 26.5. The van der Waals surface area contributed by atoms with E-state index in [1.165, 1.54) is 42.7 Å². The van der Waals surface area contributed by atoms with Crippen molar-refractivity contribution in [2.45, 2.75) is 70.9 Å². The number of likely N-dealkylation sites (tertiary alicyclic amines) is 1. The number of urea groups is 1. The predicted molar refractivity (Wildman–Crippen MR) is 142 cm³/mol. The van der Waals surface area contributed by atoms with Crippen LogP contribution in [0.2, 0.25) is 0 Å². The average Bonchev–Trinajstić information content (AvgIpc) is 3.27. The number of thiazole rings is 1. The molecule has 2 aromatic rings. The molecule has 3 N–H and O–H groups in total. The fourth-order valence-electron chi connectivity index (χ4n) is 5.75. The van der Waals surface area contributed by atoms with Crippen molar-refractivity contribution >= 4 is 28.4 Å². The molecule has 1 aromatic carbocycles. The van der Waals surface area contributed by atoms with Gasteiger partial charge in [0.15, 0.2) is 5.13 Å². The van der Waals surface area contributed by atoms with Gasteiger partial charge in [-0.1, -0.05) is 18.6 Å². The monoisotopic (exact) mass is 515 g/mol. The molecule has 4 atom stereocenters. The van der Waals surface area contributed by atoms with Gasteiger partial charge in [0.25, 0.3) is 0 Å². The van der Waals surface area contributed by atoms with E-state index in [9.17, 15) is 14.0 Å². The van der Waals surface area contributed by atoms with Crippen LogP contribution in [-0.4, -0.2) is 53.5 Å². The third-order valence-electron chi connectivity index (χ3n) is 7.52. The van der Waals surface area contributed by atoms with Crippen LogP contribution in [0.1, 0.15) is 56.7 Å². The van der Waals surface area contributed by atoms with Gasteiger partial charge in [-0.25, -0.2) is 14.2 Å². The van der Waals surface area contributed by atoms with Crippen molar-refractivity contribution in [3.05, 3.63) is 46.7 Å². The quantitative estimate of drug-likeness (QED) is 0.474. The summed E-state index contributed by atoms with van der Waals surface area (Å²) in [4.78, 5) is 31.5. The van der Waals surface area contributed by atoms with Crippen LogP contribution in [0.3, 0.4) is 0 Å². The van der Waals surface area contributed by atoms with Gasteiger partial charge >= 0.3 is 6.03 Å². The molecule has 1 unspecified atom stereocenters. The van der Waals surface area contributed by atoms with Crippen LogP contribution in [0.4, 0.5) is 14.3 Å². The molecular formula is C27H38FN5O2S. The highest BCUT2D eigenvalue weighted by molar-refractivity contribution is 7.13. The molecule has 3 amide bonds. The Balaban J connectivity index is 1.55. The minimum absolute atomic E-state index is 0.00649. The number of piperidine rings is 1. The van der Waals surface area contributed by atoms with Crippen molar-refractivity contribution in [3.63, 3.8) is 0 Å². The number of hydrogen-bond donors (Lipinski definition) is 3. The molecule has 196 valence electrons. The van der Waals surface area contributed by atoms with Crippen LogP contribution in [0.5, 0.6) is 0 Å². The van der Waals surface area contributed by atoms with Gasteiger partial charge in [-0.2, -0.15) is 0 Å². The predicted octanol–water partition coefficient (Wildman–Crippen LogP) is 4.73. The van der Waals surface area contributed by atoms with Gasteiger partial charge in [0.1, 0.15) is 5.82 Å². The number of rotatable bonds is 8. The molecule has 1 saturated heterocycles. The molecule has 36 heavy (non-hydrogen) atoms. The van der Waals surface area contributed by atoms with E-state index in [2.05, 4.69) is 25.8 Å². The molecule has 7 nitrogen and oxygen atoms in total. The fourth-order valence-corrected chi connectivity index (χ4v) is 6.43. The van der Waals surface area contributed by atoms with Crippen molar-refractivity contribution in [3.8, 4) is 0 Å². The molecule has 0 radical (unpaired) electrons. The highest BCUT2D eigenvalue weighted by Crippen LogP contribution is 2.36. The Morgan fingerprint density at radius 1 is 1.17 bits per heavy atom. The Morgan fingerprint density at radius 2 is 1.92 bits per heavy atom. The van der Waals surface area contributed by atoms with Gasteiger partial charge in [-0.05, 0) is 88.1 Å². The minimum Gasteiger partial charge on any atom is -0.356 e. The van der Waals surface area contributed by atoms with E-state index in [1.807, 2.05) is 24.4 Å². The van der Waals surface area contributed by atoms with Gasteiger partial charge < -0.3 is 10.6 Å². The van der Waals surface area contributed by atoms with Crippen LogP contribution < -0.4 is 16.0 Å². The normalized spacial score (nSPS) is 23.6. The van der Waals surface area contributed by atoms with Crippen molar-refractivity contribution in [2.24, 2.45) is 11.8 Å². The maximum atomic E-state index is 13.6. The summed E-state index contributed by atoms with van der Waals surface area (Å²) in [5, 5.41) is 11.7. The number of hydrogen-bond acceptors (Lipinski definition) is 5. The Labute approximate surface area is 217 Å². The molecule has 1 aliphatic carbocycles. The van der Waals surface area contributed by atoms with Crippen molar-refractivity contribution < 1.29 is 14.0 Å². The zero-order chi connectivity index (χ0) is 25.5. The number of carbonyl (C=O) groups excluding carboxylic acids is 2. The molecule has 1 saturated carbocycles. The Kier molecular flexibility index (Phi) is 9.31. The van der Waals surface area contributed by atoms with Gasteiger partial charge in [-0.3, -0.25) is 15.0 Å². The summed E-state index contributed by atoms with van der Waals surface area (Å²) in [6, 6.07) is 6.83. The van der Waals surface area contributed by atoms with Crippen LogP contribution in [-0.2, 0) is 11.2 Å². The van der Waals surface area contributed by atoms with Gasteiger partial charge in [0, 0.05) is 30.9 Å². The highest BCUT2D eigenvalue weighted by atomic mass is 32.1. The summed E-state index contributed by atoms with van der Waals surface area (Å²) in [6.45, 7) is 6.20. The third kappa shape index (κ3) is 7.49. The summed E-state index contributed by atoms with van der Waals surface area (Å²) in [6.07, 6.45) is 7.11. The van der Waals surface area contributed by atoms with Gasteiger partial charge in [0.05, 0.1) is 5.69 Å². The Hall–Kier alpha value is -2.52. The summed E-state index contributed by atoms with van der Waals surface area (Å²) >= 11 is 1.42. The number of nitrogens with zero attached hydrogens (tertiary/aromatic N) is 2. The third-order valence-corrected chi connectivity index (χ3v) is 8.39. The number of carbonyl (C=O) groups is 2. The second kappa shape index (κ2) is 12.6. The number of aromatic nitrogens is 1. The van der Waals surface area contributed by atoms with E-state index in [1.54, 1.807) is 6.92 Å². The molecule has 0 bridgehead atoms. The maximum Gasteiger partial charge on any atom is 0.321 e. The van der Waals surface area contributed by atoms with Gasteiger partial charge in [0.2, 0.25) is 5.91 Å². The SMILES string of the molecule is CC(=O)NCC1CC[C@@H](NC(=O)Nc2nc(C)cs2)[C@@H]([C@@H](Cc2ccc(F)cc2)N2CCCCC2)C1. The van der Waals surface area contributed by atoms with Crippen LogP contribution in [0.25, 0.3) is 0 Å². The number of halogens is 1. The molecular weight excluding hydrogens is 477 g/mol. The number of nitrogens with one attached hydrogen (secondary N) is 3. The molecule has 1 aromatic heterocycles. The number of benzene rings is 1. The first-order valence-corrected chi connectivity index (χ1v) is 14.0. The lowest BCUT2D eigenvalue weighted by Gasteiger charge is -2.46. The fraction of sp³-hybridized carbons (Fsp3) is 0.593. The smallest absolute Gasteiger partial charge is 0.321 e. The zero-order valence-electron chi connectivity index (χ0n) is 21.3. The Bertz CT molecular complexity index is 1010. The van der Waals surface area contributed by atoms with E-state index in [0.717, 1.165) is 50.0 Å². The first-order valence-electron chi connectivity index (χ1n) is 13.1. The van der Waals surface area contributed by atoms with E-state index in [-0.39, 0.29) is 35.8 Å². The minimum atomic E-state index is -0.227. The maximum absolute atomic E-state index is 13.6.